The number of aromatic nitrogens is 3. The maximum absolute atomic E-state index is 12.2. The second-order valence-corrected chi connectivity index (χ2v) is 5.30. The SMILES string of the molecule is CCc1nc(NC(=O)c2c(N)cnn2CC)sc1C. The average Bonchev–Trinajstić information content (AvgIpc) is 2.92. The van der Waals surface area contributed by atoms with Crippen LogP contribution in [0.15, 0.2) is 6.20 Å². The summed E-state index contributed by atoms with van der Waals surface area (Å²) >= 11 is 1.47. The van der Waals surface area contributed by atoms with E-state index in [1.807, 2.05) is 20.8 Å². The quantitative estimate of drug-likeness (QED) is 0.897. The highest BCUT2D eigenvalue weighted by molar-refractivity contribution is 7.15. The van der Waals surface area contributed by atoms with Gasteiger partial charge in [-0.15, -0.1) is 11.3 Å². The molecule has 0 saturated carbocycles. The van der Waals surface area contributed by atoms with Crippen molar-refractivity contribution >= 4 is 28.1 Å². The van der Waals surface area contributed by atoms with Gasteiger partial charge in [0.05, 0.1) is 17.6 Å². The molecular weight excluding hydrogens is 262 g/mol. The van der Waals surface area contributed by atoms with Gasteiger partial charge >= 0.3 is 0 Å². The fourth-order valence-corrected chi connectivity index (χ4v) is 2.75. The molecule has 0 unspecified atom stereocenters. The van der Waals surface area contributed by atoms with E-state index in [9.17, 15) is 4.79 Å². The van der Waals surface area contributed by atoms with E-state index in [2.05, 4.69) is 15.4 Å². The summed E-state index contributed by atoms with van der Waals surface area (Å²) in [7, 11) is 0. The number of carbonyl (C=O) groups is 1. The molecular formula is C12H17N5OS. The third-order valence-electron chi connectivity index (χ3n) is 2.83. The monoisotopic (exact) mass is 279 g/mol. The van der Waals surface area contributed by atoms with Crippen molar-refractivity contribution in [3.05, 3.63) is 22.5 Å². The Morgan fingerprint density at radius 2 is 2.26 bits per heavy atom. The van der Waals surface area contributed by atoms with Crippen molar-refractivity contribution in [2.75, 3.05) is 11.1 Å². The van der Waals surface area contributed by atoms with Crippen LogP contribution in [0.5, 0.6) is 0 Å². The van der Waals surface area contributed by atoms with Gasteiger partial charge in [-0.2, -0.15) is 5.10 Å². The first kappa shape index (κ1) is 13.5. The Hall–Kier alpha value is -1.89. The first-order chi connectivity index (χ1) is 9.06. The zero-order chi connectivity index (χ0) is 14.0. The Morgan fingerprint density at radius 1 is 1.53 bits per heavy atom. The van der Waals surface area contributed by atoms with Crippen molar-refractivity contribution in [2.45, 2.75) is 33.7 Å². The van der Waals surface area contributed by atoms with Gasteiger partial charge in [-0.3, -0.25) is 14.8 Å². The van der Waals surface area contributed by atoms with Crippen LogP contribution in [0.1, 0.15) is 34.9 Å². The molecule has 0 saturated heterocycles. The van der Waals surface area contributed by atoms with Crippen molar-refractivity contribution < 1.29 is 4.79 Å². The van der Waals surface area contributed by atoms with Crippen LogP contribution in [-0.2, 0) is 13.0 Å². The summed E-state index contributed by atoms with van der Waals surface area (Å²) < 4.78 is 1.58. The second-order valence-electron chi connectivity index (χ2n) is 4.09. The molecule has 0 fully saturated rings. The molecule has 0 radical (unpaired) electrons. The molecule has 1 amide bonds. The number of nitrogens with two attached hydrogens (primary N) is 1. The van der Waals surface area contributed by atoms with Crippen LogP contribution in [0.4, 0.5) is 10.8 Å². The number of aryl methyl sites for hydroxylation is 3. The van der Waals surface area contributed by atoms with Gasteiger partial charge in [-0.1, -0.05) is 6.92 Å². The summed E-state index contributed by atoms with van der Waals surface area (Å²) in [5, 5.41) is 7.43. The summed E-state index contributed by atoms with van der Waals surface area (Å²) in [6.45, 7) is 6.54. The summed E-state index contributed by atoms with van der Waals surface area (Å²) in [5.41, 5.74) is 7.54. The average molecular weight is 279 g/mol. The predicted molar refractivity (Wildman–Crippen MR) is 76.5 cm³/mol. The molecule has 0 aromatic carbocycles. The minimum atomic E-state index is -0.270. The molecule has 19 heavy (non-hydrogen) atoms. The summed E-state index contributed by atoms with van der Waals surface area (Å²) in [6.07, 6.45) is 2.34. The number of nitrogens with zero attached hydrogens (tertiary/aromatic N) is 3. The molecule has 2 aromatic heterocycles. The second kappa shape index (κ2) is 5.40. The number of hydrogen-bond acceptors (Lipinski definition) is 5. The van der Waals surface area contributed by atoms with Gasteiger partial charge in [0.2, 0.25) is 0 Å². The lowest BCUT2D eigenvalue weighted by Gasteiger charge is -2.05. The molecule has 2 aromatic rings. The van der Waals surface area contributed by atoms with E-state index < -0.39 is 0 Å². The van der Waals surface area contributed by atoms with Crippen LogP contribution < -0.4 is 11.1 Å². The molecule has 0 atom stereocenters. The van der Waals surface area contributed by atoms with Crippen molar-refractivity contribution in [2.24, 2.45) is 0 Å². The van der Waals surface area contributed by atoms with Gasteiger partial charge in [0.25, 0.3) is 5.91 Å². The molecule has 0 spiro atoms. The van der Waals surface area contributed by atoms with Crippen molar-refractivity contribution in [3.63, 3.8) is 0 Å². The van der Waals surface area contributed by atoms with Crippen LogP contribution in [0.25, 0.3) is 0 Å². The summed E-state index contributed by atoms with van der Waals surface area (Å²) in [6, 6.07) is 0. The largest absolute Gasteiger partial charge is 0.396 e. The number of hydrogen-bond donors (Lipinski definition) is 2. The minimum Gasteiger partial charge on any atom is -0.396 e. The van der Waals surface area contributed by atoms with Gasteiger partial charge in [-0.25, -0.2) is 4.98 Å². The summed E-state index contributed by atoms with van der Waals surface area (Å²) in [4.78, 5) is 17.7. The van der Waals surface area contributed by atoms with Crippen molar-refractivity contribution in [3.8, 4) is 0 Å². The van der Waals surface area contributed by atoms with Gasteiger partial charge in [0.15, 0.2) is 5.13 Å². The van der Waals surface area contributed by atoms with Gasteiger partial charge in [0, 0.05) is 11.4 Å². The number of anilines is 2. The maximum Gasteiger partial charge on any atom is 0.277 e. The fraction of sp³-hybridized carbons (Fsp3) is 0.417. The van der Waals surface area contributed by atoms with E-state index >= 15 is 0 Å². The first-order valence-electron chi connectivity index (χ1n) is 6.15. The molecule has 0 aliphatic carbocycles. The number of nitrogen functional groups attached to an aromatic ring is 1. The molecule has 0 aliphatic heterocycles. The van der Waals surface area contributed by atoms with Crippen LogP contribution in [0, 0.1) is 6.92 Å². The number of amides is 1. The van der Waals surface area contributed by atoms with Crippen LogP contribution >= 0.6 is 11.3 Å². The Balaban J connectivity index is 2.22. The number of rotatable bonds is 4. The third-order valence-corrected chi connectivity index (χ3v) is 3.76. The lowest BCUT2D eigenvalue weighted by Crippen LogP contribution is -2.18. The normalized spacial score (nSPS) is 10.7. The highest BCUT2D eigenvalue weighted by Gasteiger charge is 2.18. The van der Waals surface area contributed by atoms with E-state index in [4.69, 9.17) is 5.73 Å². The standard InChI is InChI=1S/C12H17N5OS/c1-4-9-7(3)19-12(15-9)16-11(18)10-8(13)6-14-17(10)5-2/h6H,4-5,13H2,1-3H3,(H,15,16,18). The summed E-state index contributed by atoms with van der Waals surface area (Å²) in [5.74, 6) is -0.270. The molecule has 102 valence electrons. The highest BCUT2D eigenvalue weighted by atomic mass is 32.1. The Morgan fingerprint density at radius 3 is 2.84 bits per heavy atom. The fourth-order valence-electron chi connectivity index (χ4n) is 1.85. The molecule has 3 N–H and O–H groups in total. The van der Waals surface area contributed by atoms with E-state index in [0.717, 1.165) is 17.0 Å². The smallest absolute Gasteiger partial charge is 0.277 e. The molecule has 7 heteroatoms. The van der Waals surface area contributed by atoms with E-state index in [-0.39, 0.29) is 5.91 Å². The van der Waals surface area contributed by atoms with Crippen LogP contribution in [0.3, 0.4) is 0 Å². The van der Waals surface area contributed by atoms with Gasteiger partial charge < -0.3 is 5.73 Å². The maximum atomic E-state index is 12.2. The molecule has 6 nitrogen and oxygen atoms in total. The Labute approximate surface area is 115 Å². The van der Waals surface area contributed by atoms with E-state index in [1.165, 1.54) is 17.5 Å². The van der Waals surface area contributed by atoms with Crippen molar-refractivity contribution in [1.29, 1.82) is 0 Å². The Kier molecular flexibility index (Phi) is 3.84. The minimum absolute atomic E-state index is 0.270. The number of nitrogens with one attached hydrogen (secondary N) is 1. The highest BCUT2D eigenvalue weighted by Crippen LogP contribution is 2.23. The molecule has 2 heterocycles. The molecule has 2 rings (SSSR count). The van der Waals surface area contributed by atoms with E-state index in [1.54, 1.807) is 4.68 Å². The zero-order valence-electron chi connectivity index (χ0n) is 11.2. The van der Waals surface area contributed by atoms with E-state index in [0.29, 0.717) is 23.1 Å². The third kappa shape index (κ3) is 2.60. The number of carbonyl (C=O) groups excluding carboxylic acids is 1. The first-order valence-corrected chi connectivity index (χ1v) is 6.97. The number of thiazole rings is 1. The van der Waals surface area contributed by atoms with Gasteiger partial charge in [-0.05, 0) is 20.3 Å². The zero-order valence-corrected chi connectivity index (χ0v) is 12.0. The Bertz CT molecular complexity index is 601. The van der Waals surface area contributed by atoms with Crippen molar-refractivity contribution in [1.82, 2.24) is 14.8 Å². The lowest BCUT2D eigenvalue weighted by atomic mass is 10.3. The van der Waals surface area contributed by atoms with Gasteiger partial charge in [0.1, 0.15) is 5.69 Å². The lowest BCUT2D eigenvalue weighted by molar-refractivity contribution is 0.101. The topological polar surface area (TPSA) is 85.8 Å². The van der Waals surface area contributed by atoms with Crippen LogP contribution in [0.2, 0.25) is 0 Å². The molecule has 0 aliphatic rings. The predicted octanol–water partition coefficient (Wildman–Crippen LogP) is 2.06. The van der Waals surface area contributed by atoms with Crippen LogP contribution in [-0.4, -0.2) is 20.7 Å². The molecule has 0 bridgehead atoms.